The molecular formula is C24H22N4O3. The molecule has 0 unspecified atom stereocenters. The fraction of sp³-hybridized carbons (Fsp3) is 0.167. The van der Waals surface area contributed by atoms with E-state index in [1.807, 2.05) is 65.5 Å². The van der Waals surface area contributed by atoms with Gasteiger partial charge in [0, 0.05) is 23.4 Å². The lowest BCUT2D eigenvalue weighted by Crippen LogP contribution is -2.01. The van der Waals surface area contributed by atoms with Crippen LogP contribution in [0.2, 0.25) is 0 Å². The molecule has 0 aliphatic heterocycles. The Morgan fingerprint density at radius 3 is 2.68 bits per heavy atom. The van der Waals surface area contributed by atoms with E-state index in [1.54, 1.807) is 12.3 Å². The Morgan fingerprint density at radius 1 is 1.10 bits per heavy atom. The molecule has 2 heterocycles. The second-order valence-electron chi connectivity index (χ2n) is 6.96. The average molecular weight is 414 g/mol. The summed E-state index contributed by atoms with van der Waals surface area (Å²) in [6.45, 7) is 2.68. The molecule has 2 aromatic carbocycles. The van der Waals surface area contributed by atoms with Gasteiger partial charge in [-0.05, 0) is 23.6 Å². The molecule has 31 heavy (non-hydrogen) atoms. The zero-order valence-corrected chi connectivity index (χ0v) is 17.1. The molecule has 0 N–H and O–H groups in total. The molecule has 0 saturated heterocycles. The van der Waals surface area contributed by atoms with Crippen LogP contribution in [0.4, 0.5) is 0 Å². The predicted molar refractivity (Wildman–Crippen MR) is 116 cm³/mol. The monoisotopic (exact) mass is 414 g/mol. The van der Waals surface area contributed by atoms with Crippen molar-refractivity contribution < 1.29 is 14.1 Å². The van der Waals surface area contributed by atoms with Gasteiger partial charge in [0.25, 0.3) is 5.89 Å². The summed E-state index contributed by atoms with van der Waals surface area (Å²) in [6.07, 6.45) is 7.54. The van der Waals surface area contributed by atoms with Gasteiger partial charge < -0.3 is 9.26 Å². The Balaban J connectivity index is 1.28. The summed E-state index contributed by atoms with van der Waals surface area (Å²) in [7, 11) is 0. The average Bonchev–Trinajstić information content (AvgIpc) is 3.47. The molecule has 7 nitrogen and oxygen atoms in total. The number of carbonyl (C=O) groups is 1. The molecule has 0 atom stereocenters. The van der Waals surface area contributed by atoms with Crippen molar-refractivity contribution in [3.63, 3.8) is 0 Å². The SMILES string of the molecule is CCc1ccc(-c2noc(COC(=O)/C=C/c3cnn(Cc4ccccc4)c3)n2)cc1. The van der Waals surface area contributed by atoms with Crippen LogP contribution < -0.4 is 0 Å². The van der Waals surface area contributed by atoms with E-state index >= 15 is 0 Å². The van der Waals surface area contributed by atoms with E-state index in [2.05, 4.69) is 22.2 Å². The number of hydrogen-bond acceptors (Lipinski definition) is 6. The third kappa shape index (κ3) is 5.54. The molecule has 7 heteroatoms. The van der Waals surface area contributed by atoms with Crippen molar-refractivity contribution in [2.45, 2.75) is 26.5 Å². The molecule has 0 fully saturated rings. The van der Waals surface area contributed by atoms with Gasteiger partial charge in [-0.25, -0.2) is 4.79 Å². The van der Waals surface area contributed by atoms with E-state index in [0.29, 0.717) is 12.4 Å². The highest BCUT2D eigenvalue weighted by atomic mass is 16.6. The molecule has 0 bridgehead atoms. The van der Waals surface area contributed by atoms with Gasteiger partial charge in [0.2, 0.25) is 5.82 Å². The quantitative estimate of drug-likeness (QED) is 0.316. The molecule has 4 aromatic rings. The van der Waals surface area contributed by atoms with Gasteiger partial charge >= 0.3 is 5.97 Å². The number of carbonyl (C=O) groups excluding carboxylic acids is 1. The predicted octanol–water partition coefficient (Wildman–Crippen LogP) is 4.30. The maximum Gasteiger partial charge on any atom is 0.331 e. The van der Waals surface area contributed by atoms with Crippen molar-refractivity contribution in [1.29, 1.82) is 0 Å². The minimum absolute atomic E-state index is 0.0868. The molecule has 0 spiro atoms. The number of aromatic nitrogens is 4. The zero-order valence-electron chi connectivity index (χ0n) is 17.1. The normalized spacial score (nSPS) is 11.1. The molecule has 0 aliphatic rings. The van der Waals surface area contributed by atoms with Gasteiger partial charge in [-0.15, -0.1) is 0 Å². The standard InChI is InChI=1S/C24H22N4O3/c1-2-18-8-11-21(12-9-18)24-26-22(31-27-24)17-30-23(29)13-10-20-14-25-28(16-20)15-19-6-4-3-5-7-19/h3-14,16H,2,15,17H2,1H3/b13-10+. The van der Waals surface area contributed by atoms with Crippen LogP contribution in [0.3, 0.4) is 0 Å². The van der Waals surface area contributed by atoms with Crippen molar-refractivity contribution in [3.8, 4) is 11.4 Å². The molecule has 0 saturated carbocycles. The van der Waals surface area contributed by atoms with Crippen LogP contribution in [0.1, 0.15) is 29.5 Å². The first-order valence-electron chi connectivity index (χ1n) is 10.0. The van der Waals surface area contributed by atoms with E-state index in [9.17, 15) is 4.79 Å². The van der Waals surface area contributed by atoms with Crippen molar-refractivity contribution in [1.82, 2.24) is 19.9 Å². The second kappa shape index (κ2) is 9.67. The summed E-state index contributed by atoms with van der Waals surface area (Å²) in [5.74, 6) is 0.213. The third-order valence-corrected chi connectivity index (χ3v) is 4.68. The van der Waals surface area contributed by atoms with Crippen molar-refractivity contribution >= 4 is 12.0 Å². The van der Waals surface area contributed by atoms with Crippen LogP contribution in [-0.2, 0) is 29.1 Å². The molecule has 0 radical (unpaired) electrons. The highest BCUT2D eigenvalue weighted by Gasteiger charge is 2.10. The fourth-order valence-corrected chi connectivity index (χ4v) is 2.99. The molecule has 0 amide bonds. The summed E-state index contributed by atoms with van der Waals surface area (Å²) in [6, 6.07) is 18.0. The highest BCUT2D eigenvalue weighted by Crippen LogP contribution is 2.17. The maximum absolute atomic E-state index is 12.0. The maximum atomic E-state index is 12.0. The van der Waals surface area contributed by atoms with Crippen molar-refractivity contribution in [2.24, 2.45) is 0 Å². The molecular weight excluding hydrogens is 392 g/mol. The van der Waals surface area contributed by atoms with Crippen molar-refractivity contribution in [3.05, 3.63) is 95.6 Å². The lowest BCUT2D eigenvalue weighted by Gasteiger charge is -2.00. The molecule has 2 aromatic heterocycles. The van der Waals surface area contributed by atoms with Gasteiger partial charge in [0.1, 0.15) is 0 Å². The van der Waals surface area contributed by atoms with Crippen LogP contribution in [0.25, 0.3) is 17.5 Å². The van der Waals surface area contributed by atoms with E-state index in [4.69, 9.17) is 9.26 Å². The van der Waals surface area contributed by atoms with Gasteiger partial charge in [0.15, 0.2) is 6.61 Å². The van der Waals surface area contributed by atoms with E-state index in [0.717, 1.165) is 23.1 Å². The van der Waals surface area contributed by atoms with E-state index in [-0.39, 0.29) is 12.5 Å². The van der Waals surface area contributed by atoms with E-state index < -0.39 is 5.97 Å². The highest BCUT2D eigenvalue weighted by molar-refractivity contribution is 5.86. The molecule has 4 rings (SSSR count). The lowest BCUT2D eigenvalue weighted by molar-refractivity contribution is -0.139. The fourth-order valence-electron chi connectivity index (χ4n) is 2.99. The number of benzene rings is 2. The van der Waals surface area contributed by atoms with Crippen LogP contribution in [0, 0.1) is 0 Å². The largest absolute Gasteiger partial charge is 0.452 e. The van der Waals surface area contributed by atoms with Crippen LogP contribution in [0.15, 0.2) is 77.6 Å². The van der Waals surface area contributed by atoms with Gasteiger partial charge in [-0.2, -0.15) is 10.1 Å². The number of nitrogens with zero attached hydrogens (tertiary/aromatic N) is 4. The first-order chi connectivity index (χ1) is 15.2. The Labute approximate surface area is 180 Å². The van der Waals surface area contributed by atoms with Crippen molar-refractivity contribution in [2.75, 3.05) is 0 Å². The minimum atomic E-state index is -0.497. The summed E-state index contributed by atoms with van der Waals surface area (Å²) < 4.78 is 12.2. The number of esters is 1. The Kier molecular flexibility index (Phi) is 6.32. The topological polar surface area (TPSA) is 83.0 Å². The Bertz CT molecular complexity index is 1160. The summed E-state index contributed by atoms with van der Waals surface area (Å²) >= 11 is 0. The summed E-state index contributed by atoms with van der Waals surface area (Å²) in [5.41, 5.74) is 4.05. The minimum Gasteiger partial charge on any atom is -0.452 e. The first-order valence-corrected chi connectivity index (χ1v) is 10.0. The Hall–Kier alpha value is -4.00. The number of aryl methyl sites for hydroxylation is 1. The number of rotatable bonds is 8. The Morgan fingerprint density at radius 2 is 1.90 bits per heavy atom. The van der Waals surface area contributed by atoms with Crippen LogP contribution in [-0.4, -0.2) is 25.9 Å². The number of ether oxygens (including phenoxy) is 1. The lowest BCUT2D eigenvalue weighted by atomic mass is 10.1. The smallest absolute Gasteiger partial charge is 0.331 e. The number of hydrogen-bond donors (Lipinski definition) is 0. The molecule has 156 valence electrons. The van der Waals surface area contributed by atoms with Crippen LogP contribution >= 0.6 is 0 Å². The van der Waals surface area contributed by atoms with Gasteiger partial charge in [-0.3, -0.25) is 4.68 Å². The summed E-state index contributed by atoms with van der Waals surface area (Å²) in [5, 5.41) is 8.25. The molecule has 0 aliphatic carbocycles. The third-order valence-electron chi connectivity index (χ3n) is 4.68. The van der Waals surface area contributed by atoms with Crippen LogP contribution in [0.5, 0.6) is 0 Å². The van der Waals surface area contributed by atoms with E-state index in [1.165, 1.54) is 11.6 Å². The zero-order chi connectivity index (χ0) is 21.5. The van der Waals surface area contributed by atoms with Gasteiger partial charge in [-0.1, -0.05) is 66.7 Å². The summed E-state index contributed by atoms with van der Waals surface area (Å²) in [4.78, 5) is 16.3. The van der Waals surface area contributed by atoms with Gasteiger partial charge in [0.05, 0.1) is 12.7 Å². The first kappa shape index (κ1) is 20.3. The second-order valence-corrected chi connectivity index (χ2v) is 6.96.